The van der Waals surface area contributed by atoms with E-state index in [9.17, 15) is 0 Å². The zero-order valence-electron chi connectivity index (χ0n) is 9.47. The van der Waals surface area contributed by atoms with Crippen molar-refractivity contribution in [3.05, 3.63) is 41.6 Å². The molecule has 0 aliphatic carbocycles. The number of nitrogens with two attached hydrogens (primary N) is 1. The number of nitrogens with zero attached hydrogens (tertiary/aromatic N) is 2. The average Bonchev–Trinajstić information content (AvgIpc) is 2.63. The van der Waals surface area contributed by atoms with E-state index in [0.29, 0.717) is 0 Å². The number of anilines is 1. The maximum Gasteiger partial charge on any atom is 0.135 e. The molecule has 2 rings (SSSR count). The van der Waals surface area contributed by atoms with E-state index in [1.165, 1.54) is 11.1 Å². The molecule has 0 fully saturated rings. The van der Waals surface area contributed by atoms with Crippen LogP contribution in [-0.4, -0.2) is 16.0 Å². The fraction of sp³-hybridized carbons (Fsp3) is 0.250. The molecule has 1 heterocycles. The average molecular weight is 233 g/mol. The van der Waals surface area contributed by atoms with Crippen LogP contribution in [0.2, 0.25) is 0 Å². The minimum atomic E-state index is 0.729. The summed E-state index contributed by atoms with van der Waals surface area (Å²) < 4.78 is 1.83. The minimum absolute atomic E-state index is 0.729. The molecule has 0 saturated heterocycles. The molecule has 0 bridgehead atoms. The van der Waals surface area contributed by atoms with Crippen LogP contribution < -0.4 is 5.73 Å². The molecule has 0 atom stereocenters. The van der Waals surface area contributed by atoms with Crippen molar-refractivity contribution in [2.24, 2.45) is 0 Å². The van der Waals surface area contributed by atoms with Crippen LogP contribution in [0, 0.1) is 6.92 Å². The molecule has 0 aliphatic rings. The Labute approximate surface area is 99.7 Å². The van der Waals surface area contributed by atoms with Crippen LogP contribution in [-0.2, 0) is 6.54 Å². The summed E-state index contributed by atoms with van der Waals surface area (Å²) in [6, 6.07) is 8.42. The van der Waals surface area contributed by atoms with E-state index in [2.05, 4.69) is 36.3 Å². The quantitative estimate of drug-likeness (QED) is 0.829. The van der Waals surface area contributed by atoms with E-state index in [0.717, 1.165) is 17.3 Å². The highest BCUT2D eigenvalue weighted by Crippen LogP contribution is 2.22. The van der Waals surface area contributed by atoms with Gasteiger partial charge in [0.15, 0.2) is 0 Å². The predicted octanol–water partition coefficient (Wildman–Crippen LogP) is 2.54. The van der Waals surface area contributed by atoms with Crippen molar-refractivity contribution in [3.8, 4) is 0 Å². The summed E-state index contributed by atoms with van der Waals surface area (Å²) in [5.41, 5.74) is 8.45. The molecule has 16 heavy (non-hydrogen) atoms. The Hall–Kier alpha value is -1.42. The van der Waals surface area contributed by atoms with Gasteiger partial charge in [-0.25, -0.2) is 4.68 Å². The van der Waals surface area contributed by atoms with Gasteiger partial charge in [-0.05, 0) is 18.7 Å². The third-order valence-corrected chi connectivity index (χ3v) is 3.27. The molecular formula is C12H15N3S. The number of aromatic nitrogens is 2. The fourth-order valence-corrected chi connectivity index (χ4v) is 1.99. The molecule has 0 amide bonds. The first kappa shape index (κ1) is 11.1. The van der Waals surface area contributed by atoms with E-state index < -0.39 is 0 Å². The molecule has 4 heteroatoms. The fourth-order valence-electron chi connectivity index (χ4n) is 1.53. The van der Waals surface area contributed by atoms with Crippen LogP contribution in [0.15, 0.2) is 35.4 Å². The summed E-state index contributed by atoms with van der Waals surface area (Å²) in [4.78, 5) is 1.03. The second-order valence-corrected chi connectivity index (χ2v) is 4.59. The molecule has 0 unspecified atom stereocenters. The lowest BCUT2D eigenvalue weighted by molar-refractivity contribution is 0.696. The van der Waals surface area contributed by atoms with Gasteiger partial charge < -0.3 is 5.73 Å². The Morgan fingerprint density at radius 3 is 2.56 bits per heavy atom. The monoisotopic (exact) mass is 233 g/mol. The lowest BCUT2D eigenvalue weighted by Gasteiger charge is -2.05. The predicted molar refractivity (Wildman–Crippen MR) is 68.7 cm³/mol. The van der Waals surface area contributed by atoms with E-state index in [1.807, 2.05) is 17.1 Å². The molecule has 2 aromatic rings. The Morgan fingerprint density at radius 2 is 2.00 bits per heavy atom. The number of hydrogen-bond donors (Lipinski definition) is 1. The van der Waals surface area contributed by atoms with Gasteiger partial charge in [-0.3, -0.25) is 0 Å². The maximum atomic E-state index is 5.97. The number of aryl methyl sites for hydroxylation is 1. The van der Waals surface area contributed by atoms with Crippen LogP contribution in [0.3, 0.4) is 0 Å². The van der Waals surface area contributed by atoms with Gasteiger partial charge in [-0.1, -0.05) is 29.8 Å². The van der Waals surface area contributed by atoms with Crippen LogP contribution in [0.5, 0.6) is 0 Å². The largest absolute Gasteiger partial charge is 0.383 e. The van der Waals surface area contributed by atoms with Gasteiger partial charge in [0.25, 0.3) is 0 Å². The van der Waals surface area contributed by atoms with Crippen LogP contribution in [0.25, 0.3) is 0 Å². The topological polar surface area (TPSA) is 43.8 Å². The zero-order chi connectivity index (χ0) is 11.5. The summed E-state index contributed by atoms with van der Waals surface area (Å²) in [6.45, 7) is 2.81. The maximum absolute atomic E-state index is 5.97. The van der Waals surface area contributed by atoms with E-state index in [-0.39, 0.29) is 0 Å². The number of nitrogen functional groups attached to an aromatic ring is 1. The molecule has 0 spiro atoms. The van der Waals surface area contributed by atoms with Crippen molar-refractivity contribution in [1.29, 1.82) is 0 Å². The highest BCUT2D eigenvalue weighted by atomic mass is 32.2. The summed E-state index contributed by atoms with van der Waals surface area (Å²) in [5, 5.41) is 4.28. The highest BCUT2D eigenvalue weighted by molar-refractivity contribution is 7.98. The first-order valence-corrected chi connectivity index (χ1v) is 6.34. The van der Waals surface area contributed by atoms with Gasteiger partial charge in [0.2, 0.25) is 0 Å². The van der Waals surface area contributed by atoms with Crippen molar-refractivity contribution in [2.45, 2.75) is 18.4 Å². The molecule has 1 aromatic carbocycles. The van der Waals surface area contributed by atoms with Gasteiger partial charge in [0.1, 0.15) is 5.82 Å². The first-order chi connectivity index (χ1) is 7.70. The number of thioether (sulfide) groups is 1. The number of rotatable bonds is 3. The normalized spacial score (nSPS) is 10.6. The van der Waals surface area contributed by atoms with Gasteiger partial charge in [-0.15, -0.1) is 11.8 Å². The second kappa shape index (κ2) is 4.61. The van der Waals surface area contributed by atoms with E-state index >= 15 is 0 Å². The number of hydrogen-bond acceptors (Lipinski definition) is 3. The highest BCUT2D eigenvalue weighted by Gasteiger charge is 2.06. The van der Waals surface area contributed by atoms with Crippen molar-refractivity contribution in [2.75, 3.05) is 12.0 Å². The summed E-state index contributed by atoms with van der Waals surface area (Å²) in [7, 11) is 0. The second-order valence-electron chi connectivity index (χ2n) is 3.74. The molecule has 2 N–H and O–H groups in total. The Bertz CT molecular complexity index is 474. The van der Waals surface area contributed by atoms with Gasteiger partial charge >= 0.3 is 0 Å². The van der Waals surface area contributed by atoms with Crippen molar-refractivity contribution in [1.82, 2.24) is 9.78 Å². The van der Waals surface area contributed by atoms with Crippen LogP contribution in [0.4, 0.5) is 5.82 Å². The molecule has 3 nitrogen and oxygen atoms in total. The van der Waals surface area contributed by atoms with Gasteiger partial charge in [-0.2, -0.15) is 5.10 Å². The van der Waals surface area contributed by atoms with Crippen LogP contribution in [0.1, 0.15) is 11.1 Å². The molecule has 0 aliphatic heterocycles. The molecule has 84 valence electrons. The lowest BCUT2D eigenvalue weighted by Crippen LogP contribution is -2.05. The SMILES string of the molecule is CSc1cnn(Cc2ccc(C)cc2)c1N. The van der Waals surface area contributed by atoms with E-state index in [4.69, 9.17) is 5.73 Å². The van der Waals surface area contributed by atoms with Crippen molar-refractivity contribution < 1.29 is 0 Å². The summed E-state index contributed by atoms with van der Waals surface area (Å²) >= 11 is 1.62. The number of benzene rings is 1. The zero-order valence-corrected chi connectivity index (χ0v) is 10.3. The van der Waals surface area contributed by atoms with Gasteiger partial charge in [0.05, 0.1) is 17.6 Å². The Balaban J connectivity index is 2.20. The van der Waals surface area contributed by atoms with Crippen molar-refractivity contribution in [3.63, 3.8) is 0 Å². The lowest BCUT2D eigenvalue weighted by atomic mass is 10.1. The van der Waals surface area contributed by atoms with Crippen LogP contribution >= 0.6 is 11.8 Å². The smallest absolute Gasteiger partial charge is 0.135 e. The summed E-state index contributed by atoms with van der Waals surface area (Å²) in [6.07, 6.45) is 3.82. The molecule has 0 saturated carbocycles. The Morgan fingerprint density at radius 1 is 1.31 bits per heavy atom. The van der Waals surface area contributed by atoms with Crippen molar-refractivity contribution >= 4 is 17.6 Å². The van der Waals surface area contributed by atoms with Gasteiger partial charge in [0, 0.05) is 0 Å². The molecule has 0 radical (unpaired) electrons. The summed E-state index contributed by atoms with van der Waals surface area (Å²) in [5.74, 6) is 0.744. The third-order valence-electron chi connectivity index (χ3n) is 2.52. The Kier molecular flexibility index (Phi) is 3.19. The third kappa shape index (κ3) is 2.22. The molecular weight excluding hydrogens is 218 g/mol. The minimum Gasteiger partial charge on any atom is -0.383 e. The van der Waals surface area contributed by atoms with E-state index in [1.54, 1.807) is 11.8 Å². The first-order valence-electron chi connectivity index (χ1n) is 5.11. The standard InChI is InChI=1S/C12H15N3S/c1-9-3-5-10(6-4-9)8-15-12(13)11(16-2)7-14-15/h3-7H,8,13H2,1-2H3. The molecule has 1 aromatic heterocycles.